The lowest BCUT2D eigenvalue weighted by atomic mass is 10.00. The van der Waals surface area contributed by atoms with E-state index in [0.717, 1.165) is 0 Å². The van der Waals surface area contributed by atoms with Gasteiger partial charge in [0.15, 0.2) is 17.3 Å². The fourth-order valence-corrected chi connectivity index (χ4v) is 4.74. The van der Waals surface area contributed by atoms with Gasteiger partial charge >= 0.3 is 0 Å². The summed E-state index contributed by atoms with van der Waals surface area (Å²) in [7, 11) is 0. The smallest absolute Gasteiger partial charge is 0.220 e. The molecule has 7 nitrogen and oxygen atoms in total. The van der Waals surface area contributed by atoms with Gasteiger partial charge in [0.2, 0.25) is 5.91 Å². The van der Waals surface area contributed by atoms with Gasteiger partial charge in [-0.2, -0.15) is 0 Å². The second kappa shape index (κ2) is 13.0. The van der Waals surface area contributed by atoms with Crippen molar-refractivity contribution >= 4 is 11.7 Å². The number of halogens is 2. The van der Waals surface area contributed by atoms with Gasteiger partial charge in [-0.15, -0.1) is 0 Å². The van der Waals surface area contributed by atoms with E-state index in [-0.39, 0.29) is 30.5 Å². The Morgan fingerprint density at radius 2 is 1.76 bits per heavy atom. The molecule has 0 saturated carbocycles. The summed E-state index contributed by atoms with van der Waals surface area (Å²) >= 11 is 0. The number of amides is 1. The molecule has 1 amide bonds. The van der Waals surface area contributed by atoms with Crippen LogP contribution in [0.3, 0.4) is 0 Å². The van der Waals surface area contributed by atoms with Crippen molar-refractivity contribution in [3.63, 3.8) is 0 Å². The molecule has 0 unspecified atom stereocenters. The van der Waals surface area contributed by atoms with E-state index < -0.39 is 18.3 Å². The molecule has 4 rings (SSSR count). The Bertz CT molecular complexity index is 1070. The van der Waals surface area contributed by atoms with Crippen LogP contribution >= 0.6 is 0 Å². The molecular formula is C28H34F2N2O5. The van der Waals surface area contributed by atoms with E-state index in [2.05, 4.69) is 5.32 Å². The lowest BCUT2D eigenvalue weighted by Gasteiger charge is -2.29. The molecule has 0 radical (unpaired) electrons. The van der Waals surface area contributed by atoms with Crippen molar-refractivity contribution in [2.45, 2.75) is 56.8 Å². The maximum Gasteiger partial charge on any atom is 0.220 e. The van der Waals surface area contributed by atoms with Crippen LogP contribution in [0.25, 0.3) is 0 Å². The van der Waals surface area contributed by atoms with Crippen molar-refractivity contribution in [2.75, 3.05) is 32.8 Å². The molecule has 2 aliphatic heterocycles. The summed E-state index contributed by atoms with van der Waals surface area (Å²) in [4.78, 5) is 26.9. The lowest BCUT2D eigenvalue weighted by molar-refractivity contribution is -0.123. The molecule has 2 aromatic carbocycles. The number of hydrogen-bond donors (Lipinski definition) is 2. The third-order valence-electron chi connectivity index (χ3n) is 6.78. The number of carbonyl (C=O) groups excluding carboxylic acids is 2. The third-order valence-corrected chi connectivity index (χ3v) is 6.78. The first-order valence-electron chi connectivity index (χ1n) is 12.9. The highest BCUT2D eigenvalue weighted by Gasteiger charge is 2.30. The summed E-state index contributed by atoms with van der Waals surface area (Å²) in [6.45, 7) is 2.07. The number of likely N-dealkylation sites (tertiary alicyclic amines) is 1. The number of aliphatic hydroxyl groups excluding tert-OH is 1. The number of unbranched alkanes of at least 4 members (excludes halogenated alkanes) is 2. The van der Waals surface area contributed by atoms with Crippen LogP contribution in [0.5, 0.6) is 11.5 Å². The predicted octanol–water partition coefficient (Wildman–Crippen LogP) is 3.99. The van der Waals surface area contributed by atoms with E-state index in [9.17, 15) is 23.5 Å². The zero-order chi connectivity index (χ0) is 26.2. The maximum atomic E-state index is 13.8. The fraction of sp³-hybridized carbons (Fsp3) is 0.500. The first-order valence-corrected chi connectivity index (χ1v) is 12.9. The Morgan fingerprint density at radius 3 is 2.49 bits per heavy atom. The predicted molar refractivity (Wildman–Crippen MR) is 134 cm³/mol. The largest absolute Gasteiger partial charge is 0.486 e. The molecule has 37 heavy (non-hydrogen) atoms. The minimum absolute atomic E-state index is 0.0520. The highest BCUT2D eigenvalue weighted by atomic mass is 19.1. The number of nitrogens with zero attached hydrogens (tertiary/aromatic N) is 1. The van der Waals surface area contributed by atoms with Gasteiger partial charge < -0.3 is 19.9 Å². The number of benzene rings is 2. The quantitative estimate of drug-likeness (QED) is 0.328. The van der Waals surface area contributed by atoms with Gasteiger partial charge in [-0.3, -0.25) is 14.5 Å². The molecule has 0 aliphatic carbocycles. The summed E-state index contributed by atoms with van der Waals surface area (Å²) in [5.74, 6) is 0.522. The summed E-state index contributed by atoms with van der Waals surface area (Å²) in [6.07, 6.45) is 1.01. The Kier molecular flexibility index (Phi) is 9.46. The van der Waals surface area contributed by atoms with Crippen LogP contribution in [0.4, 0.5) is 8.78 Å². The van der Waals surface area contributed by atoms with Crippen molar-refractivity contribution in [2.24, 2.45) is 0 Å². The van der Waals surface area contributed by atoms with E-state index in [1.165, 1.54) is 24.3 Å². The average Bonchev–Trinajstić information content (AvgIpc) is 3.32. The lowest BCUT2D eigenvalue weighted by Crippen LogP contribution is -2.46. The molecule has 9 heteroatoms. The minimum atomic E-state index is -1.01. The SMILES string of the molecule is O=C(CCCCCC(=O)c1ccc(F)cc1)N[C@H](CN1CC[C@@H](F)C1)[C@@H](O)c1ccc2c(c1)OCCO2. The number of ketones is 1. The molecule has 2 aromatic rings. The summed E-state index contributed by atoms with van der Waals surface area (Å²) in [5.41, 5.74) is 1.07. The standard InChI is InChI=1S/C28H34F2N2O5/c29-21-9-6-19(7-10-21)24(33)4-2-1-3-5-27(34)31-23(18-32-13-12-22(30)17-32)28(35)20-8-11-25-26(16-20)37-15-14-36-25/h6-11,16,22-23,28,35H,1-5,12-15,17-18H2,(H,31,34)/t22-,23-,28+/m1/s1. The zero-order valence-electron chi connectivity index (χ0n) is 20.8. The van der Waals surface area contributed by atoms with Gasteiger partial charge in [0.1, 0.15) is 31.3 Å². The second-order valence-electron chi connectivity index (χ2n) is 9.66. The highest BCUT2D eigenvalue weighted by molar-refractivity contribution is 5.95. The fourth-order valence-electron chi connectivity index (χ4n) is 4.74. The van der Waals surface area contributed by atoms with E-state index in [0.29, 0.717) is 81.0 Å². The summed E-state index contributed by atoms with van der Waals surface area (Å²) in [5, 5.41) is 14.1. The molecule has 200 valence electrons. The first kappa shape index (κ1) is 27.0. The Hall–Kier alpha value is -3.04. The van der Waals surface area contributed by atoms with Crippen molar-refractivity contribution in [1.29, 1.82) is 0 Å². The molecular weight excluding hydrogens is 482 g/mol. The van der Waals surface area contributed by atoms with Crippen LogP contribution < -0.4 is 14.8 Å². The number of carbonyl (C=O) groups is 2. The molecule has 1 saturated heterocycles. The zero-order valence-corrected chi connectivity index (χ0v) is 20.8. The second-order valence-corrected chi connectivity index (χ2v) is 9.66. The number of ether oxygens (including phenoxy) is 2. The van der Waals surface area contributed by atoms with E-state index in [1.54, 1.807) is 18.2 Å². The number of aliphatic hydroxyl groups is 1. The first-order chi connectivity index (χ1) is 17.9. The van der Waals surface area contributed by atoms with Gasteiger partial charge in [-0.1, -0.05) is 12.5 Å². The van der Waals surface area contributed by atoms with E-state index in [4.69, 9.17) is 9.47 Å². The summed E-state index contributed by atoms with van der Waals surface area (Å²) < 4.78 is 38.0. The molecule has 2 aliphatic rings. The van der Waals surface area contributed by atoms with Gasteiger partial charge in [0.25, 0.3) is 0 Å². The Labute approximate surface area is 215 Å². The number of Topliss-reactive ketones (excluding diaryl/α,β-unsaturated/α-hetero) is 1. The van der Waals surface area contributed by atoms with Crippen LogP contribution in [-0.2, 0) is 4.79 Å². The van der Waals surface area contributed by atoms with Crippen molar-refractivity contribution in [3.05, 3.63) is 59.4 Å². The van der Waals surface area contributed by atoms with Gasteiger partial charge in [0, 0.05) is 38.0 Å². The third kappa shape index (κ3) is 7.72. The number of rotatable bonds is 12. The Morgan fingerprint density at radius 1 is 1.03 bits per heavy atom. The van der Waals surface area contributed by atoms with Crippen molar-refractivity contribution in [3.8, 4) is 11.5 Å². The molecule has 2 heterocycles. The van der Waals surface area contributed by atoms with E-state index >= 15 is 0 Å². The van der Waals surface area contributed by atoms with Crippen molar-refractivity contribution < 1.29 is 33.0 Å². The molecule has 0 aromatic heterocycles. The van der Waals surface area contributed by atoms with Crippen LogP contribution in [0.15, 0.2) is 42.5 Å². The molecule has 3 atom stereocenters. The van der Waals surface area contributed by atoms with Gasteiger partial charge in [-0.05, 0) is 61.2 Å². The van der Waals surface area contributed by atoms with Gasteiger partial charge in [0.05, 0.1) is 6.04 Å². The van der Waals surface area contributed by atoms with E-state index in [1.807, 2.05) is 4.90 Å². The van der Waals surface area contributed by atoms with Crippen LogP contribution in [0.1, 0.15) is 60.6 Å². The van der Waals surface area contributed by atoms with Crippen LogP contribution in [-0.4, -0.2) is 66.8 Å². The van der Waals surface area contributed by atoms with Crippen molar-refractivity contribution in [1.82, 2.24) is 10.2 Å². The molecule has 0 spiro atoms. The topological polar surface area (TPSA) is 88.1 Å². The molecule has 2 N–H and O–H groups in total. The highest BCUT2D eigenvalue weighted by Crippen LogP contribution is 2.33. The minimum Gasteiger partial charge on any atom is -0.486 e. The number of hydrogen-bond acceptors (Lipinski definition) is 6. The van der Waals surface area contributed by atoms with Crippen LogP contribution in [0, 0.1) is 5.82 Å². The monoisotopic (exact) mass is 516 g/mol. The number of nitrogens with one attached hydrogen (secondary N) is 1. The number of fused-ring (bicyclic) bond motifs is 1. The molecule has 0 bridgehead atoms. The summed E-state index contributed by atoms with van der Waals surface area (Å²) in [6, 6.07) is 10.1. The maximum absolute atomic E-state index is 13.8. The van der Waals surface area contributed by atoms with Crippen LogP contribution in [0.2, 0.25) is 0 Å². The number of alkyl halides is 1. The Balaban J connectivity index is 1.28. The normalized spacial score (nSPS) is 18.8. The van der Waals surface area contributed by atoms with Gasteiger partial charge in [-0.25, -0.2) is 8.78 Å². The average molecular weight is 517 g/mol. The molecule has 1 fully saturated rings.